The molecule has 0 amide bonds. The standard InChI is InChI=1S/C24H28ClN5S/c1-18-23(19(2)30(27-18)17-20-7-4-3-5-8-20)26-24(31)29-13-11-28(12-14-29)16-21-9-6-10-22(25)15-21/h3-10,15H,11-14,16-17H2,1-2H3,(H,26,31). The second kappa shape index (κ2) is 9.81. The monoisotopic (exact) mass is 453 g/mol. The van der Waals surface area contributed by atoms with E-state index in [4.69, 9.17) is 28.9 Å². The zero-order chi connectivity index (χ0) is 21.8. The summed E-state index contributed by atoms with van der Waals surface area (Å²) in [5.74, 6) is 0. The molecule has 0 aliphatic carbocycles. The minimum atomic E-state index is 0.754. The maximum absolute atomic E-state index is 6.12. The van der Waals surface area contributed by atoms with Crippen LogP contribution >= 0.6 is 23.8 Å². The number of halogens is 1. The van der Waals surface area contributed by atoms with E-state index >= 15 is 0 Å². The van der Waals surface area contributed by atoms with Crippen molar-refractivity contribution < 1.29 is 0 Å². The van der Waals surface area contributed by atoms with Gasteiger partial charge in [-0.1, -0.05) is 54.1 Å². The Morgan fingerprint density at radius 1 is 0.968 bits per heavy atom. The maximum atomic E-state index is 6.12. The van der Waals surface area contributed by atoms with E-state index in [1.165, 1.54) is 11.1 Å². The summed E-state index contributed by atoms with van der Waals surface area (Å²) in [5, 5.41) is 9.75. The fourth-order valence-corrected chi connectivity index (χ4v) is 4.47. The molecule has 0 unspecified atom stereocenters. The van der Waals surface area contributed by atoms with Gasteiger partial charge in [-0.3, -0.25) is 9.58 Å². The van der Waals surface area contributed by atoms with Crippen molar-refractivity contribution in [3.8, 4) is 0 Å². The molecule has 1 saturated heterocycles. The second-order valence-electron chi connectivity index (χ2n) is 8.01. The van der Waals surface area contributed by atoms with Crippen LogP contribution in [0.3, 0.4) is 0 Å². The Labute approximate surface area is 194 Å². The predicted molar refractivity (Wildman–Crippen MR) is 132 cm³/mol. The molecule has 162 valence electrons. The number of aromatic nitrogens is 2. The molecule has 5 nitrogen and oxygen atoms in total. The van der Waals surface area contributed by atoms with Crippen LogP contribution in [-0.2, 0) is 13.1 Å². The first-order valence-corrected chi connectivity index (χ1v) is 11.4. The van der Waals surface area contributed by atoms with Gasteiger partial charge in [0.2, 0.25) is 0 Å². The number of hydrogen-bond donors (Lipinski definition) is 1. The summed E-state index contributed by atoms with van der Waals surface area (Å²) >= 11 is 11.9. The zero-order valence-corrected chi connectivity index (χ0v) is 19.6. The van der Waals surface area contributed by atoms with Crippen LogP contribution in [0.1, 0.15) is 22.5 Å². The summed E-state index contributed by atoms with van der Waals surface area (Å²) in [6.45, 7) is 9.55. The van der Waals surface area contributed by atoms with Crippen LogP contribution in [0.4, 0.5) is 5.69 Å². The van der Waals surface area contributed by atoms with Crippen LogP contribution in [0.15, 0.2) is 54.6 Å². The first-order chi connectivity index (χ1) is 15.0. The van der Waals surface area contributed by atoms with Crippen LogP contribution in [0, 0.1) is 13.8 Å². The average molecular weight is 454 g/mol. The van der Waals surface area contributed by atoms with Gasteiger partial charge in [0.15, 0.2) is 5.11 Å². The number of aryl methyl sites for hydroxylation is 1. The van der Waals surface area contributed by atoms with E-state index in [0.29, 0.717) is 0 Å². The molecule has 4 rings (SSSR count). The molecule has 1 aromatic heterocycles. The number of nitrogens with one attached hydrogen (secondary N) is 1. The van der Waals surface area contributed by atoms with E-state index < -0.39 is 0 Å². The summed E-state index contributed by atoms with van der Waals surface area (Å²) in [7, 11) is 0. The molecule has 1 fully saturated rings. The number of benzene rings is 2. The van der Waals surface area contributed by atoms with Crippen molar-refractivity contribution in [2.45, 2.75) is 26.9 Å². The Balaban J connectivity index is 1.34. The number of piperazine rings is 1. The minimum absolute atomic E-state index is 0.754. The average Bonchev–Trinajstić information content (AvgIpc) is 3.02. The lowest BCUT2D eigenvalue weighted by molar-refractivity contribution is 0.177. The summed E-state index contributed by atoms with van der Waals surface area (Å²) in [5.41, 5.74) is 5.57. The lowest BCUT2D eigenvalue weighted by atomic mass is 10.2. The molecule has 2 aromatic carbocycles. The summed E-state index contributed by atoms with van der Waals surface area (Å²) in [6.07, 6.45) is 0. The highest BCUT2D eigenvalue weighted by atomic mass is 35.5. The second-order valence-corrected chi connectivity index (χ2v) is 8.84. The molecule has 7 heteroatoms. The van der Waals surface area contributed by atoms with Crippen molar-refractivity contribution in [2.75, 3.05) is 31.5 Å². The van der Waals surface area contributed by atoms with Crippen molar-refractivity contribution in [3.05, 3.63) is 82.1 Å². The molecular weight excluding hydrogens is 426 g/mol. The van der Waals surface area contributed by atoms with Crippen LogP contribution in [0.2, 0.25) is 5.02 Å². The van der Waals surface area contributed by atoms with Gasteiger partial charge in [0.25, 0.3) is 0 Å². The zero-order valence-electron chi connectivity index (χ0n) is 18.0. The number of rotatable bonds is 5. The molecule has 0 spiro atoms. The lowest BCUT2D eigenvalue weighted by Gasteiger charge is -2.36. The number of thiocarbonyl (C=S) groups is 1. The number of nitrogens with zero attached hydrogens (tertiary/aromatic N) is 4. The summed E-state index contributed by atoms with van der Waals surface area (Å²) < 4.78 is 2.04. The van der Waals surface area contributed by atoms with E-state index in [9.17, 15) is 0 Å². The van der Waals surface area contributed by atoms with Gasteiger partial charge in [0, 0.05) is 37.7 Å². The van der Waals surface area contributed by atoms with Crippen LogP contribution in [0.5, 0.6) is 0 Å². The van der Waals surface area contributed by atoms with Crippen molar-refractivity contribution in [1.29, 1.82) is 0 Å². The predicted octanol–water partition coefficient (Wildman–Crippen LogP) is 4.72. The molecule has 0 saturated carbocycles. The molecule has 1 aliphatic heterocycles. The van der Waals surface area contributed by atoms with Crippen molar-refractivity contribution in [2.24, 2.45) is 0 Å². The van der Waals surface area contributed by atoms with Gasteiger partial charge in [-0.05, 0) is 49.3 Å². The largest absolute Gasteiger partial charge is 0.346 e. The first kappa shape index (κ1) is 21.8. The molecular formula is C24H28ClN5S. The van der Waals surface area contributed by atoms with E-state index in [-0.39, 0.29) is 0 Å². The normalized spacial score (nSPS) is 14.6. The fourth-order valence-electron chi connectivity index (χ4n) is 3.98. The molecule has 3 aromatic rings. The summed E-state index contributed by atoms with van der Waals surface area (Å²) in [4.78, 5) is 4.69. The van der Waals surface area contributed by atoms with Gasteiger partial charge in [-0.2, -0.15) is 5.10 Å². The smallest absolute Gasteiger partial charge is 0.173 e. The van der Waals surface area contributed by atoms with E-state index in [1.54, 1.807) is 0 Å². The topological polar surface area (TPSA) is 36.3 Å². The molecule has 0 atom stereocenters. The van der Waals surface area contributed by atoms with Gasteiger partial charge in [0.05, 0.1) is 23.6 Å². The van der Waals surface area contributed by atoms with E-state index in [2.05, 4.69) is 52.4 Å². The van der Waals surface area contributed by atoms with Gasteiger partial charge in [-0.15, -0.1) is 0 Å². The van der Waals surface area contributed by atoms with Crippen LogP contribution < -0.4 is 5.32 Å². The molecule has 0 radical (unpaired) electrons. The van der Waals surface area contributed by atoms with E-state index in [1.807, 2.05) is 35.9 Å². The van der Waals surface area contributed by atoms with Crippen molar-refractivity contribution in [1.82, 2.24) is 19.6 Å². The fraction of sp³-hybridized carbons (Fsp3) is 0.333. The maximum Gasteiger partial charge on any atom is 0.173 e. The van der Waals surface area contributed by atoms with Gasteiger partial charge in [0.1, 0.15) is 0 Å². The van der Waals surface area contributed by atoms with Crippen LogP contribution in [-0.4, -0.2) is 50.9 Å². The Morgan fingerprint density at radius 3 is 2.39 bits per heavy atom. The Kier molecular flexibility index (Phi) is 6.90. The minimum Gasteiger partial charge on any atom is -0.346 e. The third kappa shape index (κ3) is 5.45. The van der Waals surface area contributed by atoms with Gasteiger partial charge >= 0.3 is 0 Å². The van der Waals surface area contributed by atoms with Crippen LogP contribution in [0.25, 0.3) is 0 Å². The molecule has 1 N–H and O–H groups in total. The Morgan fingerprint density at radius 2 is 1.68 bits per heavy atom. The van der Waals surface area contributed by atoms with Crippen molar-refractivity contribution in [3.63, 3.8) is 0 Å². The highest BCUT2D eigenvalue weighted by molar-refractivity contribution is 7.80. The molecule has 31 heavy (non-hydrogen) atoms. The highest BCUT2D eigenvalue weighted by Crippen LogP contribution is 2.22. The SMILES string of the molecule is Cc1nn(Cc2ccccc2)c(C)c1NC(=S)N1CCN(Cc2cccc(Cl)c2)CC1. The lowest BCUT2D eigenvalue weighted by Crippen LogP contribution is -2.49. The molecule has 2 heterocycles. The Bertz CT molecular complexity index is 1040. The van der Waals surface area contributed by atoms with E-state index in [0.717, 1.165) is 66.5 Å². The highest BCUT2D eigenvalue weighted by Gasteiger charge is 2.21. The molecule has 1 aliphatic rings. The Hall–Kier alpha value is -2.41. The summed E-state index contributed by atoms with van der Waals surface area (Å²) in [6, 6.07) is 18.5. The number of hydrogen-bond acceptors (Lipinski definition) is 3. The number of anilines is 1. The van der Waals surface area contributed by atoms with Gasteiger partial charge < -0.3 is 10.2 Å². The van der Waals surface area contributed by atoms with Gasteiger partial charge in [-0.25, -0.2) is 0 Å². The third-order valence-corrected chi connectivity index (χ3v) is 6.34. The molecule has 0 bridgehead atoms. The van der Waals surface area contributed by atoms with Crippen molar-refractivity contribution >= 4 is 34.6 Å². The first-order valence-electron chi connectivity index (χ1n) is 10.6. The quantitative estimate of drug-likeness (QED) is 0.566. The third-order valence-electron chi connectivity index (χ3n) is 5.74.